The summed E-state index contributed by atoms with van der Waals surface area (Å²) >= 11 is 0. The fourth-order valence-electron chi connectivity index (χ4n) is 2.12. The molecule has 0 aliphatic rings. The maximum atomic E-state index is 5.99. The maximum absolute atomic E-state index is 5.99. The van der Waals surface area contributed by atoms with Crippen LogP contribution in [0.15, 0.2) is 48.5 Å². The van der Waals surface area contributed by atoms with Gasteiger partial charge in [0.25, 0.3) is 0 Å². The second-order valence-corrected chi connectivity index (χ2v) is 5.00. The van der Waals surface area contributed by atoms with Gasteiger partial charge in [-0.05, 0) is 37.1 Å². The zero-order valence-electron chi connectivity index (χ0n) is 12.4. The number of aryl methyl sites for hydroxylation is 1. The Balaban J connectivity index is 2.00. The molecule has 2 nitrogen and oxygen atoms in total. The molecule has 0 fully saturated rings. The van der Waals surface area contributed by atoms with E-state index >= 15 is 0 Å². The number of benzene rings is 2. The third-order valence-corrected chi connectivity index (χ3v) is 3.36. The van der Waals surface area contributed by atoms with Gasteiger partial charge < -0.3 is 10.1 Å². The monoisotopic (exact) mass is 269 g/mol. The third-order valence-electron chi connectivity index (χ3n) is 3.36. The molecule has 1 N–H and O–H groups in total. The first-order chi connectivity index (χ1) is 9.81. The lowest BCUT2D eigenvalue weighted by atomic mass is 10.1. The van der Waals surface area contributed by atoms with Gasteiger partial charge in [0.05, 0.1) is 0 Å². The summed E-state index contributed by atoms with van der Waals surface area (Å²) in [5, 5.41) is 3.42. The summed E-state index contributed by atoms with van der Waals surface area (Å²) in [6, 6.07) is 16.6. The average molecular weight is 269 g/mol. The van der Waals surface area contributed by atoms with Crippen LogP contribution in [0.2, 0.25) is 0 Å². The van der Waals surface area contributed by atoms with Crippen LogP contribution < -0.4 is 10.1 Å². The molecule has 0 heterocycles. The van der Waals surface area contributed by atoms with Gasteiger partial charge in [-0.25, -0.2) is 0 Å². The van der Waals surface area contributed by atoms with Crippen LogP contribution in [0.4, 0.5) is 0 Å². The summed E-state index contributed by atoms with van der Waals surface area (Å²) in [5.41, 5.74) is 3.73. The van der Waals surface area contributed by atoms with Crippen molar-refractivity contribution in [2.24, 2.45) is 0 Å². The third kappa shape index (κ3) is 4.10. The molecule has 0 amide bonds. The second kappa shape index (κ2) is 7.71. The average Bonchev–Trinajstić information content (AvgIpc) is 2.48. The lowest BCUT2D eigenvalue weighted by molar-refractivity contribution is 0.301. The van der Waals surface area contributed by atoms with Gasteiger partial charge in [0.1, 0.15) is 12.4 Å². The molecule has 0 bridgehead atoms. The molecule has 106 valence electrons. The van der Waals surface area contributed by atoms with E-state index in [2.05, 4.69) is 55.6 Å². The molecule has 0 saturated carbocycles. The lowest BCUT2D eigenvalue weighted by Crippen LogP contribution is -2.14. The highest BCUT2D eigenvalue weighted by Gasteiger charge is 2.04. The standard InChI is InChI=1S/C18H23NO/c1-3-12-19-13-16-9-6-7-11-18(16)20-14-17-10-5-4-8-15(17)2/h4-11,19H,3,12-14H2,1-2H3. The Morgan fingerprint density at radius 3 is 2.40 bits per heavy atom. The zero-order chi connectivity index (χ0) is 14.2. The summed E-state index contributed by atoms with van der Waals surface area (Å²) in [6.07, 6.45) is 1.15. The van der Waals surface area contributed by atoms with Crippen molar-refractivity contribution in [1.29, 1.82) is 0 Å². The highest BCUT2D eigenvalue weighted by atomic mass is 16.5. The minimum atomic E-state index is 0.622. The molecular weight excluding hydrogens is 246 g/mol. The van der Waals surface area contributed by atoms with Crippen molar-refractivity contribution < 1.29 is 4.74 Å². The van der Waals surface area contributed by atoms with E-state index in [0.717, 1.165) is 25.3 Å². The van der Waals surface area contributed by atoms with E-state index in [4.69, 9.17) is 4.74 Å². The molecule has 0 radical (unpaired) electrons. The molecule has 2 heteroatoms. The number of rotatable bonds is 7. The van der Waals surface area contributed by atoms with Gasteiger partial charge in [0.15, 0.2) is 0 Å². The number of hydrogen-bond donors (Lipinski definition) is 1. The zero-order valence-corrected chi connectivity index (χ0v) is 12.4. The normalized spacial score (nSPS) is 10.5. The van der Waals surface area contributed by atoms with Crippen LogP contribution in [0, 0.1) is 6.92 Å². The predicted octanol–water partition coefficient (Wildman–Crippen LogP) is 4.07. The summed E-state index contributed by atoms with van der Waals surface area (Å²) in [6.45, 7) is 6.81. The van der Waals surface area contributed by atoms with Crippen molar-refractivity contribution in [3.8, 4) is 5.75 Å². The predicted molar refractivity (Wildman–Crippen MR) is 84.0 cm³/mol. The highest BCUT2D eigenvalue weighted by molar-refractivity contribution is 5.34. The molecule has 0 unspecified atom stereocenters. The Bertz CT molecular complexity index is 536. The molecule has 0 aliphatic carbocycles. The van der Waals surface area contributed by atoms with Crippen molar-refractivity contribution >= 4 is 0 Å². The fraction of sp³-hybridized carbons (Fsp3) is 0.333. The van der Waals surface area contributed by atoms with Gasteiger partial charge in [-0.1, -0.05) is 49.4 Å². The highest BCUT2D eigenvalue weighted by Crippen LogP contribution is 2.20. The van der Waals surface area contributed by atoms with Gasteiger partial charge in [-0.2, -0.15) is 0 Å². The van der Waals surface area contributed by atoms with Crippen LogP contribution in [-0.4, -0.2) is 6.54 Å². The minimum absolute atomic E-state index is 0.622. The molecule has 0 atom stereocenters. The van der Waals surface area contributed by atoms with Crippen molar-refractivity contribution in [2.75, 3.05) is 6.54 Å². The second-order valence-electron chi connectivity index (χ2n) is 5.00. The van der Waals surface area contributed by atoms with E-state index < -0.39 is 0 Å². The van der Waals surface area contributed by atoms with E-state index in [1.54, 1.807) is 0 Å². The van der Waals surface area contributed by atoms with E-state index in [9.17, 15) is 0 Å². The van der Waals surface area contributed by atoms with Crippen molar-refractivity contribution in [3.05, 3.63) is 65.2 Å². The van der Waals surface area contributed by atoms with E-state index in [0.29, 0.717) is 6.61 Å². The van der Waals surface area contributed by atoms with Gasteiger partial charge in [0, 0.05) is 12.1 Å². The fourth-order valence-corrected chi connectivity index (χ4v) is 2.12. The summed E-state index contributed by atoms with van der Waals surface area (Å²) in [7, 11) is 0. The molecule has 20 heavy (non-hydrogen) atoms. The first kappa shape index (κ1) is 14.6. The van der Waals surface area contributed by atoms with Crippen LogP contribution in [0.25, 0.3) is 0 Å². The summed E-state index contributed by atoms with van der Waals surface area (Å²) < 4.78 is 5.99. The van der Waals surface area contributed by atoms with Crippen LogP contribution in [0.5, 0.6) is 5.75 Å². The number of nitrogens with one attached hydrogen (secondary N) is 1. The SMILES string of the molecule is CCCNCc1ccccc1OCc1ccccc1C. The van der Waals surface area contributed by atoms with E-state index in [1.165, 1.54) is 16.7 Å². The Morgan fingerprint density at radius 2 is 1.65 bits per heavy atom. The minimum Gasteiger partial charge on any atom is -0.489 e. The summed E-state index contributed by atoms with van der Waals surface area (Å²) in [4.78, 5) is 0. The van der Waals surface area contributed by atoms with Crippen molar-refractivity contribution in [2.45, 2.75) is 33.4 Å². The molecule has 0 saturated heterocycles. The van der Waals surface area contributed by atoms with Crippen molar-refractivity contribution in [1.82, 2.24) is 5.32 Å². The van der Waals surface area contributed by atoms with Gasteiger partial charge in [-0.3, -0.25) is 0 Å². The molecular formula is C18H23NO. The molecule has 0 aromatic heterocycles. The molecule has 2 aromatic carbocycles. The van der Waals surface area contributed by atoms with Gasteiger partial charge in [0.2, 0.25) is 0 Å². The quantitative estimate of drug-likeness (QED) is 0.765. The number of para-hydroxylation sites is 1. The van der Waals surface area contributed by atoms with Gasteiger partial charge in [-0.15, -0.1) is 0 Å². The Kier molecular flexibility index (Phi) is 5.63. The molecule has 2 aromatic rings. The van der Waals surface area contributed by atoms with E-state index in [-0.39, 0.29) is 0 Å². The topological polar surface area (TPSA) is 21.3 Å². The largest absolute Gasteiger partial charge is 0.489 e. The Morgan fingerprint density at radius 1 is 0.950 bits per heavy atom. The summed E-state index contributed by atoms with van der Waals surface area (Å²) in [5.74, 6) is 0.972. The molecule has 0 aliphatic heterocycles. The lowest BCUT2D eigenvalue weighted by Gasteiger charge is -2.13. The van der Waals surface area contributed by atoms with Gasteiger partial charge >= 0.3 is 0 Å². The first-order valence-corrected chi connectivity index (χ1v) is 7.27. The number of hydrogen-bond acceptors (Lipinski definition) is 2. The van der Waals surface area contributed by atoms with E-state index in [1.807, 2.05) is 12.1 Å². The Hall–Kier alpha value is -1.80. The van der Waals surface area contributed by atoms with Crippen LogP contribution in [0.3, 0.4) is 0 Å². The van der Waals surface area contributed by atoms with Crippen LogP contribution in [0.1, 0.15) is 30.0 Å². The Labute approximate surface area is 121 Å². The molecule has 0 spiro atoms. The van der Waals surface area contributed by atoms with Crippen LogP contribution >= 0.6 is 0 Å². The molecule has 2 rings (SSSR count). The van der Waals surface area contributed by atoms with Crippen LogP contribution in [-0.2, 0) is 13.2 Å². The number of ether oxygens (including phenoxy) is 1. The smallest absolute Gasteiger partial charge is 0.124 e. The van der Waals surface area contributed by atoms with Crippen molar-refractivity contribution in [3.63, 3.8) is 0 Å². The first-order valence-electron chi connectivity index (χ1n) is 7.27. The maximum Gasteiger partial charge on any atom is 0.124 e.